The van der Waals surface area contributed by atoms with E-state index in [4.69, 9.17) is 0 Å². The van der Waals surface area contributed by atoms with Crippen molar-refractivity contribution in [2.24, 2.45) is 12.5 Å². The molecular formula is C20H33N3O2. The molecule has 1 amide bonds. The van der Waals surface area contributed by atoms with E-state index in [1.54, 1.807) is 0 Å². The summed E-state index contributed by atoms with van der Waals surface area (Å²) in [6.45, 7) is 9.82. The average molecular weight is 348 g/mol. The van der Waals surface area contributed by atoms with Crippen molar-refractivity contribution in [1.82, 2.24) is 14.7 Å². The summed E-state index contributed by atoms with van der Waals surface area (Å²) in [7, 11) is 1.94. The largest absolute Gasteiger partial charge is 0.396 e. The smallest absolute Gasteiger partial charge is 0.222 e. The zero-order valence-electron chi connectivity index (χ0n) is 16.4. The minimum atomic E-state index is -0.175. The van der Waals surface area contributed by atoms with Gasteiger partial charge in [0, 0.05) is 37.7 Å². The Morgan fingerprint density at radius 3 is 2.64 bits per heavy atom. The van der Waals surface area contributed by atoms with Crippen LogP contribution >= 0.6 is 0 Å². The second kappa shape index (κ2) is 8.17. The van der Waals surface area contributed by atoms with Crippen LogP contribution in [0.1, 0.15) is 56.5 Å². The van der Waals surface area contributed by atoms with Crippen molar-refractivity contribution in [3.05, 3.63) is 28.6 Å². The van der Waals surface area contributed by atoms with Gasteiger partial charge in [-0.1, -0.05) is 11.6 Å². The Hall–Kier alpha value is -1.62. The molecule has 1 aliphatic heterocycles. The molecule has 1 saturated heterocycles. The topological polar surface area (TPSA) is 58.4 Å². The Balaban J connectivity index is 2.00. The SMILES string of the molecule is CC(C)=CCC1(CO)CCCN(C(=O)CCc2c(C)nn(C)c2C)C1. The molecule has 0 spiro atoms. The van der Waals surface area contributed by atoms with E-state index in [-0.39, 0.29) is 17.9 Å². The Morgan fingerprint density at radius 1 is 1.36 bits per heavy atom. The number of carbonyl (C=O) groups is 1. The fourth-order valence-corrected chi connectivity index (χ4v) is 3.77. The molecule has 1 N–H and O–H groups in total. The summed E-state index contributed by atoms with van der Waals surface area (Å²) >= 11 is 0. The quantitative estimate of drug-likeness (QED) is 0.805. The van der Waals surface area contributed by atoms with Gasteiger partial charge in [-0.3, -0.25) is 9.48 Å². The Labute approximate surface area is 151 Å². The van der Waals surface area contributed by atoms with Crippen LogP contribution in [0.15, 0.2) is 11.6 Å². The van der Waals surface area contributed by atoms with Crippen molar-refractivity contribution in [3.63, 3.8) is 0 Å². The van der Waals surface area contributed by atoms with Gasteiger partial charge < -0.3 is 10.0 Å². The van der Waals surface area contributed by atoms with Gasteiger partial charge in [0.05, 0.1) is 12.3 Å². The molecule has 0 saturated carbocycles. The Kier molecular flexibility index (Phi) is 6.44. The normalized spacial score (nSPS) is 20.6. The molecule has 1 aromatic heterocycles. The van der Waals surface area contributed by atoms with Gasteiger partial charge in [0.25, 0.3) is 0 Å². The van der Waals surface area contributed by atoms with Crippen LogP contribution in [0.5, 0.6) is 0 Å². The third kappa shape index (κ3) is 4.72. The summed E-state index contributed by atoms with van der Waals surface area (Å²) in [4.78, 5) is 14.7. The van der Waals surface area contributed by atoms with Crippen LogP contribution in [0.4, 0.5) is 0 Å². The number of hydrogen-bond acceptors (Lipinski definition) is 3. The van der Waals surface area contributed by atoms with Crippen molar-refractivity contribution >= 4 is 5.91 Å². The number of carbonyl (C=O) groups excluding carboxylic acids is 1. The maximum absolute atomic E-state index is 12.7. The molecule has 1 atom stereocenters. The standard InChI is InChI=1S/C20H33N3O2/c1-15(2)9-11-20(14-24)10-6-12-23(13-20)19(25)8-7-18-16(3)21-22(5)17(18)4/h9,24H,6-8,10-14H2,1-5H3. The maximum Gasteiger partial charge on any atom is 0.222 e. The molecule has 1 fully saturated rings. The van der Waals surface area contributed by atoms with Crippen LogP contribution in [0.3, 0.4) is 0 Å². The van der Waals surface area contributed by atoms with E-state index in [0.717, 1.165) is 43.6 Å². The van der Waals surface area contributed by atoms with Gasteiger partial charge in [-0.05, 0) is 58.9 Å². The second-order valence-electron chi connectivity index (χ2n) is 7.84. The molecule has 25 heavy (non-hydrogen) atoms. The first-order valence-corrected chi connectivity index (χ1v) is 9.29. The van der Waals surface area contributed by atoms with Gasteiger partial charge in [0.15, 0.2) is 0 Å². The molecule has 1 aromatic rings. The van der Waals surface area contributed by atoms with E-state index < -0.39 is 0 Å². The number of rotatable bonds is 6. The zero-order valence-corrected chi connectivity index (χ0v) is 16.4. The van der Waals surface area contributed by atoms with E-state index in [0.29, 0.717) is 13.0 Å². The second-order valence-corrected chi connectivity index (χ2v) is 7.84. The minimum Gasteiger partial charge on any atom is -0.396 e. The molecule has 140 valence electrons. The number of aromatic nitrogens is 2. The van der Waals surface area contributed by atoms with Crippen LogP contribution in [-0.2, 0) is 18.3 Å². The summed E-state index contributed by atoms with van der Waals surface area (Å²) in [6, 6.07) is 0. The molecule has 1 aliphatic rings. The fourth-order valence-electron chi connectivity index (χ4n) is 3.77. The van der Waals surface area contributed by atoms with Crippen molar-refractivity contribution in [3.8, 4) is 0 Å². The van der Waals surface area contributed by atoms with Crippen LogP contribution in [0.25, 0.3) is 0 Å². The van der Waals surface area contributed by atoms with Crippen molar-refractivity contribution in [2.45, 2.75) is 59.8 Å². The molecule has 2 heterocycles. The molecule has 0 bridgehead atoms. The minimum absolute atomic E-state index is 0.140. The molecular weight excluding hydrogens is 314 g/mol. The number of aryl methyl sites for hydroxylation is 2. The van der Waals surface area contributed by atoms with E-state index >= 15 is 0 Å². The zero-order chi connectivity index (χ0) is 18.6. The maximum atomic E-state index is 12.7. The molecule has 0 radical (unpaired) electrons. The number of likely N-dealkylation sites (tertiary alicyclic amines) is 1. The summed E-state index contributed by atoms with van der Waals surface area (Å²) in [6.07, 6.45) is 6.23. The van der Waals surface area contributed by atoms with Gasteiger partial charge in [0.1, 0.15) is 0 Å². The lowest BCUT2D eigenvalue weighted by Gasteiger charge is -2.41. The molecule has 5 heteroatoms. The number of allylic oxidation sites excluding steroid dienone is 2. The van der Waals surface area contributed by atoms with Crippen molar-refractivity contribution in [2.75, 3.05) is 19.7 Å². The molecule has 0 aliphatic carbocycles. The van der Waals surface area contributed by atoms with E-state index in [1.807, 2.05) is 23.6 Å². The van der Waals surface area contributed by atoms with Gasteiger partial charge in [-0.2, -0.15) is 5.10 Å². The number of nitrogens with zero attached hydrogens (tertiary/aromatic N) is 3. The summed E-state index contributed by atoms with van der Waals surface area (Å²) in [5, 5.41) is 14.4. The van der Waals surface area contributed by atoms with Crippen LogP contribution < -0.4 is 0 Å². The predicted molar refractivity (Wildman–Crippen MR) is 100 cm³/mol. The average Bonchev–Trinajstić information content (AvgIpc) is 2.83. The van der Waals surface area contributed by atoms with Gasteiger partial charge in [-0.25, -0.2) is 0 Å². The lowest BCUT2D eigenvalue weighted by atomic mass is 9.77. The summed E-state index contributed by atoms with van der Waals surface area (Å²) in [5.41, 5.74) is 4.42. The van der Waals surface area contributed by atoms with E-state index in [2.05, 4.69) is 31.9 Å². The van der Waals surface area contributed by atoms with Gasteiger partial charge in [-0.15, -0.1) is 0 Å². The first kappa shape index (κ1) is 19.7. The van der Waals surface area contributed by atoms with Crippen LogP contribution in [0.2, 0.25) is 0 Å². The number of amides is 1. The van der Waals surface area contributed by atoms with Crippen LogP contribution in [-0.4, -0.2) is 45.4 Å². The summed E-state index contributed by atoms with van der Waals surface area (Å²) < 4.78 is 1.88. The van der Waals surface area contributed by atoms with Gasteiger partial charge >= 0.3 is 0 Å². The van der Waals surface area contributed by atoms with Crippen LogP contribution in [0, 0.1) is 19.3 Å². The van der Waals surface area contributed by atoms with Crippen molar-refractivity contribution in [1.29, 1.82) is 0 Å². The lowest BCUT2D eigenvalue weighted by Crippen LogP contribution is -2.47. The number of aliphatic hydroxyl groups excluding tert-OH is 1. The highest BCUT2D eigenvalue weighted by Gasteiger charge is 2.35. The fraction of sp³-hybridized carbons (Fsp3) is 0.700. The number of hydrogen-bond donors (Lipinski definition) is 1. The van der Waals surface area contributed by atoms with E-state index in [9.17, 15) is 9.90 Å². The Bertz CT molecular complexity index is 644. The van der Waals surface area contributed by atoms with Crippen molar-refractivity contribution < 1.29 is 9.90 Å². The number of aliphatic hydroxyl groups is 1. The third-order valence-electron chi connectivity index (χ3n) is 5.54. The first-order chi connectivity index (χ1) is 11.8. The highest BCUT2D eigenvalue weighted by Crippen LogP contribution is 2.34. The highest BCUT2D eigenvalue weighted by molar-refractivity contribution is 5.76. The monoisotopic (exact) mass is 347 g/mol. The Morgan fingerprint density at radius 2 is 2.08 bits per heavy atom. The third-order valence-corrected chi connectivity index (χ3v) is 5.54. The predicted octanol–water partition coefficient (Wildman–Crippen LogP) is 2.93. The van der Waals surface area contributed by atoms with E-state index in [1.165, 1.54) is 11.1 Å². The summed E-state index contributed by atoms with van der Waals surface area (Å²) in [5.74, 6) is 0.192. The number of piperidine rings is 1. The first-order valence-electron chi connectivity index (χ1n) is 9.29. The molecule has 1 unspecified atom stereocenters. The molecule has 2 rings (SSSR count). The highest BCUT2D eigenvalue weighted by atomic mass is 16.3. The van der Waals surface area contributed by atoms with Gasteiger partial charge in [0.2, 0.25) is 5.91 Å². The molecule has 5 nitrogen and oxygen atoms in total. The lowest BCUT2D eigenvalue weighted by molar-refractivity contribution is -0.135. The molecule has 0 aromatic carbocycles.